The number of ether oxygens (including phenoxy) is 1. The number of hydrogen-bond donors (Lipinski definition) is 1. The Bertz CT molecular complexity index is 1040. The minimum absolute atomic E-state index is 0.538. The molecule has 0 bridgehead atoms. The van der Waals surface area contributed by atoms with Gasteiger partial charge in [-0.1, -0.05) is 19.6 Å². The third kappa shape index (κ3) is 4.68. The summed E-state index contributed by atoms with van der Waals surface area (Å²) >= 11 is 0. The van der Waals surface area contributed by atoms with E-state index in [2.05, 4.69) is 79.7 Å². The molecule has 7 nitrogen and oxygen atoms in total. The first-order valence-corrected chi connectivity index (χ1v) is 15.5. The predicted molar refractivity (Wildman–Crippen MR) is 131 cm³/mol. The average molecular weight is 452 g/mol. The van der Waals surface area contributed by atoms with Crippen molar-refractivity contribution < 1.29 is 4.74 Å². The van der Waals surface area contributed by atoms with Crippen molar-refractivity contribution in [2.75, 3.05) is 32.8 Å². The molecule has 1 N–H and O–H groups in total. The van der Waals surface area contributed by atoms with E-state index in [1.54, 1.807) is 6.33 Å². The van der Waals surface area contributed by atoms with Gasteiger partial charge in [0.25, 0.3) is 0 Å². The van der Waals surface area contributed by atoms with E-state index in [0.717, 1.165) is 61.1 Å². The number of hydrogen-bond acceptors (Lipinski definition) is 5. The van der Waals surface area contributed by atoms with Crippen molar-refractivity contribution >= 4 is 19.1 Å². The van der Waals surface area contributed by atoms with Crippen LogP contribution in [0.5, 0.6) is 0 Å². The molecule has 0 amide bonds. The molecule has 2 aliphatic rings. The van der Waals surface area contributed by atoms with Crippen LogP contribution in [0.3, 0.4) is 0 Å². The van der Waals surface area contributed by atoms with E-state index in [4.69, 9.17) is 4.74 Å². The van der Waals surface area contributed by atoms with Crippen molar-refractivity contribution in [2.45, 2.75) is 51.3 Å². The monoisotopic (exact) mass is 451 g/mol. The molecule has 0 aromatic carbocycles. The Morgan fingerprint density at radius 2 is 1.91 bits per heavy atom. The molecule has 3 aromatic heterocycles. The average Bonchev–Trinajstić information content (AvgIpc) is 3.38. The van der Waals surface area contributed by atoms with Crippen LogP contribution in [0.2, 0.25) is 25.7 Å². The molecule has 5 rings (SSSR count). The maximum atomic E-state index is 5.95. The molecule has 3 aromatic rings. The predicted octanol–water partition coefficient (Wildman–Crippen LogP) is 3.66. The van der Waals surface area contributed by atoms with E-state index < -0.39 is 8.07 Å². The van der Waals surface area contributed by atoms with Gasteiger partial charge < -0.3 is 19.2 Å². The van der Waals surface area contributed by atoms with E-state index in [0.29, 0.717) is 6.73 Å². The molecule has 1 radical (unpaired) electrons. The lowest BCUT2D eigenvalue weighted by Crippen LogP contribution is -2.55. The zero-order valence-corrected chi connectivity index (χ0v) is 20.5. The number of fused-ring (bicyclic) bond motifs is 1. The summed E-state index contributed by atoms with van der Waals surface area (Å²) in [5.74, 6) is 0. The zero-order chi connectivity index (χ0) is 22.1. The summed E-state index contributed by atoms with van der Waals surface area (Å²) in [4.78, 5) is 11.8. The summed E-state index contributed by atoms with van der Waals surface area (Å²) in [5, 5.41) is 4.54. The third-order valence-corrected chi connectivity index (χ3v) is 8.41. The Hall–Kier alpha value is -2.00. The second-order valence-electron chi connectivity index (χ2n) is 10.4. The van der Waals surface area contributed by atoms with Gasteiger partial charge in [0, 0.05) is 63.4 Å². The number of likely N-dealkylation sites (tertiary alicyclic amines) is 1. The standard InChI is InChI=1S/C24H35N6OSi/c1-32(2,3)13-12-31-18-29-11-7-22-23(26-17-27-24(22)29)19-6-10-28(14-19)21-15-30(16-21)20-4-8-25-9-5-20/h6-7,10-11,14,17,20,25H,4-5,8-9,12-13,15-16,18H2,1-3H3. The molecule has 0 spiro atoms. The first-order valence-electron chi connectivity index (χ1n) is 11.8. The van der Waals surface area contributed by atoms with Gasteiger partial charge in [-0.25, -0.2) is 9.97 Å². The minimum Gasteiger partial charge on any atom is -0.361 e. The van der Waals surface area contributed by atoms with Crippen LogP contribution in [0, 0.1) is 6.04 Å². The first-order chi connectivity index (χ1) is 15.5. The molecule has 2 aliphatic heterocycles. The molecule has 0 atom stereocenters. The van der Waals surface area contributed by atoms with Crippen LogP contribution in [-0.4, -0.2) is 70.9 Å². The molecule has 0 saturated carbocycles. The lowest BCUT2D eigenvalue weighted by Gasteiger charge is -2.45. The fourth-order valence-corrected chi connectivity index (χ4v) is 5.39. The van der Waals surface area contributed by atoms with Gasteiger partial charge in [-0.05, 0) is 44.1 Å². The fraction of sp³-hybridized carbons (Fsp3) is 0.542. The Labute approximate surface area is 191 Å². The van der Waals surface area contributed by atoms with E-state index >= 15 is 0 Å². The van der Waals surface area contributed by atoms with Gasteiger partial charge in [0.05, 0.1) is 11.7 Å². The topological polar surface area (TPSA) is 60.1 Å². The SMILES string of the molecule is C[Si](C)(C)CCOCn1ccc2c(-c3ccn([C]4CN(C5CCNCC5)C4)c3)ncnc21. The van der Waals surface area contributed by atoms with Crippen molar-refractivity contribution in [1.82, 2.24) is 29.3 Å². The second-order valence-corrected chi connectivity index (χ2v) is 16.0. The minimum atomic E-state index is -1.08. The van der Waals surface area contributed by atoms with Gasteiger partial charge in [0.15, 0.2) is 0 Å². The number of rotatable bonds is 8. The summed E-state index contributed by atoms with van der Waals surface area (Å²) in [6.45, 7) is 12.9. The number of aromatic nitrogens is 4. The van der Waals surface area contributed by atoms with Crippen molar-refractivity contribution in [2.24, 2.45) is 0 Å². The zero-order valence-electron chi connectivity index (χ0n) is 19.5. The van der Waals surface area contributed by atoms with Crippen LogP contribution in [0.1, 0.15) is 12.8 Å². The summed E-state index contributed by atoms with van der Waals surface area (Å²) in [5.41, 5.74) is 3.07. The second kappa shape index (κ2) is 9.09. The van der Waals surface area contributed by atoms with Crippen LogP contribution in [0.15, 0.2) is 37.1 Å². The van der Waals surface area contributed by atoms with Crippen LogP contribution in [0.4, 0.5) is 0 Å². The maximum absolute atomic E-state index is 5.95. The molecule has 8 heteroatoms. The molecule has 2 saturated heterocycles. The Morgan fingerprint density at radius 3 is 2.69 bits per heavy atom. The van der Waals surface area contributed by atoms with Gasteiger partial charge in [-0.2, -0.15) is 0 Å². The Morgan fingerprint density at radius 1 is 1.09 bits per heavy atom. The van der Waals surface area contributed by atoms with Crippen LogP contribution >= 0.6 is 0 Å². The first kappa shape index (κ1) is 21.8. The number of nitrogens with zero attached hydrogens (tertiary/aromatic N) is 5. The molecular weight excluding hydrogens is 416 g/mol. The van der Waals surface area contributed by atoms with Gasteiger partial charge >= 0.3 is 0 Å². The third-order valence-electron chi connectivity index (χ3n) is 6.71. The van der Waals surface area contributed by atoms with Gasteiger partial charge in [0.2, 0.25) is 0 Å². The summed E-state index contributed by atoms with van der Waals surface area (Å²) in [6, 6.07) is 7.66. The molecular formula is C24H35N6OSi. The largest absolute Gasteiger partial charge is 0.361 e. The fourth-order valence-electron chi connectivity index (χ4n) is 4.63. The highest BCUT2D eigenvalue weighted by Crippen LogP contribution is 2.30. The van der Waals surface area contributed by atoms with E-state index in [1.165, 1.54) is 24.9 Å². The van der Waals surface area contributed by atoms with Crippen molar-refractivity contribution in [1.29, 1.82) is 0 Å². The lowest BCUT2D eigenvalue weighted by atomic mass is 9.98. The summed E-state index contributed by atoms with van der Waals surface area (Å²) in [7, 11) is -1.08. The summed E-state index contributed by atoms with van der Waals surface area (Å²) < 4.78 is 10.3. The molecule has 32 heavy (non-hydrogen) atoms. The maximum Gasteiger partial charge on any atom is 0.145 e. The Kier molecular flexibility index (Phi) is 6.20. The van der Waals surface area contributed by atoms with E-state index in [1.807, 2.05) is 0 Å². The quantitative estimate of drug-likeness (QED) is 0.418. The lowest BCUT2D eigenvalue weighted by molar-refractivity contribution is 0.0899. The van der Waals surface area contributed by atoms with Gasteiger partial charge in [-0.3, -0.25) is 4.90 Å². The normalized spacial score (nSPS) is 19.0. The number of nitrogens with one attached hydrogen (secondary N) is 1. The van der Waals surface area contributed by atoms with Crippen molar-refractivity contribution in [3.05, 3.63) is 43.1 Å². The molecule has 2 fully saturated rings. The molecule has 5 heterocycles. The molecule has 0 unspecified atom stereocenters. The molecule has 171 valence electrons. The van der Waals surface area contributed by atoms with Crippen molar-refractivity contribution in [3.63, 3.8) is 0 Å². The highest BCUT2D eigenvalue weighted by Gasteiger charge is 2.34. The van der Waals surface area contributed by atoms with E-state index in [-0.39, 0.29) is 0 Å². The van der Waals surface area contributed by atoms with Crippen LogP contribution in [-0.2, 0) is 11.5 Å². The van der Waals surface area contributed by atoms with E-state index in [9.17, 15) is 0 Å². The van der Waals surface area contributed by atoms with Gasteiger partial charge in [-0.15, -0.1) is 0 Å². The van der Waals surface area contributed by atoms with Crippen molar-refractivity contribution in [3.8, 4) is 11.3 Å². The summed E-state index contributed by atoms with van der Waals surface area (Å²) in [6.07, 6.45) is 10.7. The number of piperidine rings is 1. The highest BCUT2D eigenvalue weighted by atomic mass is 28.3. The smallest absolute Gasteiger partial charge is 0.145 e. The highest BCUT2D eigenvalue weighted by molar-refractivity contribution is 6.76. The van der Waals surface area contributed by atoms with Crippen LogP contribution < -0.4 is 5.32 Å². The van der Waals surface area contributed by atoms with Crippen LogP contribution in [0.25, 0.3) is 22.3 Å². The molecule has 0 aliphatic carbocycles. The Balaban J connectivity index is 1.25. The van der Waals surface area contributed by atoms with Gasteiger partial charge in [0.1, 0.15) is 18.7 Å².